The van der Waals surface area contributed by atoms with Gasteiger partial charge in [0.05, 0.1) is 12.0 Å². The first kappa shape index (κ1) is 34.5. The van der Waals surface area contributed by atoms with E-state index in [1.807, 2.05) is 0 Å². The molecule has 1 N–H and O–H groups in total. The minimum absolute atomic E-state index is 0.229. The average Bonchev–Trinajstić information content (AvgIpc) is 2.92. The minimum Gasteiger partial charge on any atom is -0.468 e. The Hall–Kier alpha value is -3.75. The summed E-state index contributed by atoms with van der Waals surface area (Å²) in [4.78, 5) is 49.7. The summed E-state index contributed by atoms with van der Waals surface area (Å²) in [6.45, 7) is 4.62. The van der Waals surface area contributed by atoms with Crippen molar-refractivity contribution >= 4 is 45.3 Å². The zero-order valence-corrected chi connectivity index (χ0v) is 25.8. The SMILES string of the molecule is COC(=O)[C@@H](CNC(=O)C[C@H](Cc1ccc(Cl)cc1)N(C)C(=O)OC(C)(C)C)N(C)S(=O)(=O)c1ccccc1[N+](=O)[O-]. The van der Waals surface area contributed by atoms with Gasteiger partial charge in [-0.3, -0.25) is 19.7 Å². The molecule has 2 aromatic rings. The van der Waals surface area contributed by atoms with Gasteiger partial charge in [-0.05, 0) is 51.0 Å². The highest BCUT2D eigenvalue weighted by Gasteiger charge is 2.37. The van der Waals surface area contributed by atoms with Crippen LogP contribution in [0.15, 0.2) is 53.4 Å². The number of nitro benzene ring substituents is 1. The first-order chi connectivity index (χ1) is 19.5. The van der Waals surface area contributed by atoms with E-state index in [9.17, 15) is 32.9 Å². The van der Waals surface area contributed by atoms with Crippen molar-refractivity contribution in [1.82, 2.24) is 14.5 Å². The number of rotatable bonds is 12. The number of ether oxygens (including phenoxy) is 2. The van der Waals surface area contributed by atoms with Gasteiger partial charge in [-0.25, -0.2) is 13.2 Å². The molecule has 2 aromatic carbocycles. The van der Waals surface area contributed by atoms with Crippen LogP contribution in [-0.2, 0) is 35.5 Å². The highest BCUT2D eigenvalue weighted by Crippen LogP contribution is 2.27. The molecule has 230 valence electrons. The van der Waals surface area contributed by atoms with Gasteiger partial charge in [-0.15, -0.1) is 0 Å². The molecule has 0 aromatic heterocycles. The number of nitrogens with zero attached hydrogens (tertiary/aromatic N) is 3. The number of benzene rings is 2. The number of nitro groups is 1. The van der Waals surface area contributed by atoms with Crippen molar-refractivity contribution in [3.63, 3.8) is 0 Å². The van der Waals surface area contributed by atoms with Crippen molar-refractivity contribution in [3.8, 4) is 0 Å². The zero-order chi connectivity index (χ0) is 31.8. The molecule has 0 bridgehead atoms. The largest absolute Gasteiger partial charge is 0.468 e. The first-order valence-corrected chi connectivity index (χ1v) is 14.6. The summed E-state index contributed by atoms with van der Waals surface area (Å²) >= 11 is 5.98. The summed E-state index contributed by atoms with van der Waals surface area (Å²) in [5.74, 6) is -1.60. The third-order valence-electron chi connectivity index (χ3n) is 6.16. The Morgan fingerprint density at radius 3 is 2.21 bits per heavy atom. The van der Waals surface area contributed by atoms with Crippen LogP contribution in [0.25, 0.3) is 0 Å². The Morgan fingerprint density at radius 1 is 1.07 bits per heavy atom. The van der Waals surface area contributed by atoms with Gasteiger partial charge in [0.25, 0.3) is 15.7 Å². The zero-order valence-electron chi connectivity index (χ0n) is 24.2. The van der Waals surface area contributed by atoms with Crippen molar-refractivity contribution in [1.29, 1.82) is 0 Å². The molecule has 0 unspecified atom stereocenters. The standard InChI is InChI=1S/C27H35ClN4O9S/c1-27(2,3)41-26(35)30(4)20(15-18-11-13-19(28)14-12-18)16-24(33)29-17-22(25(34)40-6)31(5)42(38,39)23-10-8-7-9-21(23)32(36)37/h7-14,20,22H,15-17H2,1-6H3,(H,29,33)/t20-,22+/m0/s1. The van der Waals surface area contributed by atoms with Crippen LogP contribution in [0.3, 0.4) is 0 Å². The number of likely N-dealkylation sites (N-methyl/N-ethyl adjacent to an activating group) is 2. The maximum Gasteiger partial charge on any atom is 0.410 e. The molecule has 2 rings (SSSR count). The summed E-state index contributed by atoms with van der Waals surface area (Å²) in [7, 11) is -0.977. The molecule has 0 aliphatic carbocycles. The lowest BCUT2D eigenvalue weighted by molar-refractivity contribution is -0.387. The monoisotopic (exact) mass is 626 g/mol. The highest BCUT2D eigenvalue weighted by atomic mass is 35.5. The van der Waals surface area contributed by atoms with Gasteiger partial charge in [0.2, 0.25) is 5.91 Å². The molecule has 0 spiro atoms. The van der Waals surface area contributed by atoms with Crippen LogP contribution >= 0.6 is 11.6 Å². The molecule has 13 nitrogen and oxygen atoms in total. The molecular formula is C27H35ClN4O9S. The lowest BCUT2D eigenvalue weighted by atomic mass is 10.0. The quantitative estimate of drug-likeness (QED) is 0.211. The maximum atomic E-state index is 13.3. The molecular weight excluding hydrogens is 592 g/mol. The van der Waals surface area contributed by atoms with Crippen LogP contribution in [0.2, 0.25) is 5.02 Å². The van der Waals surface area contributed by atoms with Crippen molar-refractivity contribution < 1.29 is 37.2 Å². The second-order valence-corrected chi connectivity index (χ2v) is 12.8. The molecule has 15 heteroatoms. The Labute approximate surface area is 249 Å². The predicted octanol–water partition coefficient (Wildman–Crippen LogP) is 3.39. The van der Waals surface area contributed by atoms with E-state index in [2.05, 4.69) is 5.32 Å². The number of sulfonamides is 1. The van der Waals surface area contributed by atoms with E-state index in [0.717, 1.165) is 31.9 Å². The van der Waals surface area contributed by atoms with Crippen LogP contribution in [0.5, 0.6) is 0 Å². The van der Waals surface area contributed by atoms with E-state index in [1.165, 1.54) is 24.1 Å². The Bertz CT molecular complexity index is 1400. The molecule has 0 fully saturated rings. The normalized spacial score (nSPS) is 13.1. The van der Waals surface area contributed by atoms with Gasteiger partial charge in [0.1, 0.15) is 11.6 Å². The van der Waals surface area contributed by atoms with Crippen LogP contribution in [0, 0.1) is 10.1 Å². The number of hydrogen-bond acceptors (Lipinski definition) is 9. The molecule has 2 amide bonds. The summed E-state index contributed by atoms with van der Waals surface area (Å²) in [5, 5.41) is 14.5. The Morgan fingerprint density at radius 2 is 1.67 bits per heavy atom. The van der Waals surface area contributed by atoms with Crippen molar-refractivity contribution in [2.45, 2.75) is 56.2 Å². The van der Waals surface area contributed by atoms with E-state index in [0.29, 0.717) is 9.33 Å². The number of para-hydroxylation sites is 1. The number of carbonyl (C=O) groups excluding carboxylic acids is 3. The second-order valence-electron chi connectivity index (χ2n) is 10.4. The lowest BCUT2D eigenvalue weighted by Gasteiger charge is -2.31. The summed E-state index contributed by atoms with van der Waals surface area (Å²) in [6.07, 6.45) is -0.628. The number of nitrogens with one attached hydrogen (secondary N) is 1. The molecule has 0 aliphatic heterocycles. The predicted molar refractivity (Wildman–Crippen MR) is 154 cm³/mol. The van der Waals surface area contributed by atoms with E-state index in [4.69, 9.17) is 21.1 Å². The van der Waals surface area contributed by atoms with Crippen LogP contribution < -0.4 is 5.32 Å². The van der Waals surface area contributed by atoms with Crippen LogP contribution in [-0.4, -0.2) is 86.0 Å². The minimum atomic E-state index is -4.57. The van der Waals surface area contributed by atoms with Gasteiger partial charge >= 0.3 is 12.1 Å². The van der Waals surface area contributed by atoms with Gasteiger partial charge in [0, 0.05) is 44.2 Å². The van der Waals surface area contributed by atoms with Crippen molar-refractivity contribution in [2.75, 3.05) is 27.7 Å². The Kier molecular flexibility index (Phi) is 11.8. The van der Waals surface area contributed by atoms with Gasteiger partial charge in [-0.2, -0.15) is 4.31 Å². The molecule has 0 saturated heterocycles. The lowest BCUT2D eigenvalue weighted by Crippen LogP contribution is -2.50. The fourth-order valence-corrected chi connectivity index (χ4v) is 5.45. The molecule has 0 radical (unpaired) electrons. The number of carbonyl (C=O) groups is 3. The molecule has 0 heterocycles. The fraction of sp³-hybridized carbons (Fsp3) is 0.444. The maximum absolute atomic E-state index is 13.3. The molecule has 0 saturated carbocycles. The van der Waals surface area contributed by atoms with Gasteiger partial charge in [0.15, 0.2) is 4.90 Å². The third-order valence-corrected chi connectivity index (χ3v) is 8.32. The van der Waals surface area contributed by atoms with Gasteiger partial charge in [-0.1, -0.05) is 35.9 Å². The highest BCUT2D eigenvalue weighted by molar-refractivity contribution is 7.89. The average molecular weight is 627 g/mol. The first-order valence-electron chi connectivity index (χ1n) is 12.7. The van der Waals surface area contributed by atoms with E-state index < -0.39 is 67.7 Å². The molecule has 42 heavy (non-hydrogen) atoms. The van der Waals surface area contributed by atoms with Crippen molar-refractivity contribution in [3.05, 3.63) is 69.2 Å². The van der Waals surface area contributed by atoms with Crippen LogP contribution in [0.1, 0.15) is 32.8 Å². The topological polar surface area (TPSA) is 165 Å². The number of esters is 1. The van der Waals surface area contributed by atoms with E-state index in [1.54, 1.807) is 45.0 Å². The number of halogens is 1. The number of methoxy groups -OCH3 is 1. The smallest absolute Gasteiger partial charge is 0.410 e. The summed E-state index contributed by atoms with van der Waals surface area (Å²) in [5.41, 5.74) is -0.668. The fourth-order valence-electron chi connectivity index (χ4n) is 3.86. The van der Waals surface area contributed by atoms with E-state index in [-0.39, 0.29) is 12.8 Å². The second kappa shape index (κ2) is 14.4. The third kappa shape index (κ3) is 9.39. The Balaban J connectivity index is 2.27. The van der Waals surface area contributed by atoms with Crippen LogP contribution in [0.4, 0.5) is 10.5 Å². The van der Waals surface area contributed by atoms with Crippen molar-refractivity contribution in [2.24, 2.45) is 0 Å². The van der Waals surface area contributed by atoms with Gasteiger partial charge < -0.3 is 19.7 Å². The molecule has 2 atom stereocenters. The number of amides is 2. The summed E-state index contributed by atoms with van der Waals surface area (Å²) in [6, 6.07) is 9.31. The summed E-state index contributed by atoms with van der Waals surface area (Å²) < 4.78 is 37.4. The number of hydrogen-bond donors (Lipinski definition) is 1. The molecule has 0 aliphatic rings. The van der Waals surface area contributed by atoms with E-state index >= 15 is 0 Å².